The minimum atomic E-state index is -2.35. The van der Waals surface area contributed by atoms with Gasteiger partial charge in [-0.05, 0) is 0 Å². The van der Waals surface area contributed by atoms with E-state index in [2.05, 4.69) is 16.0 Å². The molecule has 0 unspecified atom stereocenters. The molecule has 0 aromatic heterocycles. The third-order valence-electron chi connectivity index (χ3n) is 20.0. The highest BCUT2D eigenvalue weighted by atomic mass is 16.8. The third-order valence-corrected chi connectivity index (χ3v) is 20.0. The number of ether oxygens (including phenoxy) is 17. The summed E-state index contributed by atoms with van der Waals surface area (Å²) in [6.45, 7) is -6.77. The Morgan fingerprint density at radius 1 is 0.220 bits per heavy atom. The highest BCUT2D eigenvalue weighted by molar-refractivity contribution is 5.74. The van der Waals surface area contributed by atoms with Crippen LogP contribution in [0.15, 0.2) is 0 Å². The predicted molar refractivity (Wildman–Crippen MR) is 332 cm³/mol. The predicted octanol–water partition coefficient (Wildman–Crippen LogP) is -20.2. The molecule has 3 amide bonds. The lowest BCUT2D eigenvalue weighted by atomic mass is 9.93. The third kappa shape index (κ3) is 19.4. The van der Waals surface area contributed by atoms with E-state index >= 15 is 0 Å². The Labute approximate surface area is 616 Å². The van der Waals surface area contributed by atoms with Crippen molar-refractivity contribution in [1.82, 2.24) is 16.0 Å². The maximum Gasteiger partial charge on any atom is 0.217 e. The molecule has 0 radical (unpaired) electrons. The van der Waals surface area contributed by atoms with Crippen molar-refractivity contribution in [2.75, 3.05) is 59.5 Å². The molecular formula is C60H101N3O46. The average Bonchev–Trinajstić information content (AvgIpc) is 0.771. The molecule has 0 aliphatic carbocycles. The van der Waals surface area contributed by atoms with Crippen molar-refractivity contribution in [3.8, 4) is 0 Å². The van der Waals surface area contributed by atoms with Crippen LogP contribution >= 0.6 is 0 Å². The molecule has 45 atom stereocenters. The zero-order valence-corrected chi connectivity index (χ0v) is 58.1. The molecule has 9 aliphatic rings. The Hall–Kier alpha value is -3.31. The number of hydrogen-bond donors (Lipinski definition) is 29. The van der Waals surface area contributed by atoms with Crippen molar-refractivity contribution < 1.29 is 228 Å². The van der Waals surface area contributed by atoms with E-state index in [1.807, 2.05) is 0 Å². The molecule has 9 heterocycles. The summed E-state index contributed by atoms with van der Waals surface area (Å²) >= 11 is 0. The molecule has 9 fully saturated rings. The lowest BCUT2D eigenvalue weighted by molar-refractivity contribution is -0.391. The Morgan fingerprint density at radius 2 is 0.422 bits per heavy atom. The number of carbonyl (C=O) groups excluding carboxylic acids is 3. The number of amides is 3. The van der Waals surface area contributed by atoms with Gasteiger partial charge < -0.3 is 229 Å². The maximum absolute atomic E-state index is 13.0. The summed E-state index contributed by atoms with van der Waals surface area (Å²) in [5.74, 6) is -2.80. The van der Waals surface area contributed by atoms with Crippen molar-refractivity contribution >= 4 is 17.7 Å². The summed E-state index contributed by atoms with van der Waals surface area (Å²) in [7, 11) is 0. The first-order chi connectivity index (χ1) is 51.6. The molecule has 0 bridgehead atoms. The smallest absolute Gasteiger partial charge is 0.217 e. The van der Waals surface area contributed by atoms with E-state index in [0.717, 1.165) is 20.8 Å². The lowest BCUT2D eigenvalue weighted by Crippen LogP contribution is -2.71. The van der Waals surface area contributed by atoms with Gasteiger partial charge in [-0.1, -0.05) is 0 Å². The monoisotopic (exact) mass is 1600 g/mol. The summed E-state index contributed by atoms with van der Waals surface area (Å²) in [6, 6.07) is -5.74. The van der Waals surface area contributed by atoms with Gasteiger partial charge in [0.25, 0.3) is 0 Å². The normalized spacial score (nSPS) is 50.0. The maximum atomic E-state index is 13.0. The fourth-order valence-electron chi connectivity index (χ4n) is 14.2. The van der Waals surface area contributed by atoms with Gasteiger partial charge in [-0.2, -0.15) is 0 Å². The molecular weight excluding hydrogens is 1500 g/mol. The number of nitrogens with one attached hydrogen (secondary N) is 3. The lowest BCUT2D eigenvalue weighted by Gasteiger charge is -2.51. The largest absolute Gasteiger partial charge is 0.394 e. The number of aliphatic hydroxyl groups excluding tert-OH is 26. The van der Waals surface area contributed by atoms with Crippen LogP contribution < -0.4 is 16.0 Å². The van der Waals surface area contributed by atoms with Crippen LogP contribution in [-0.4, -0.2) is 486 Å². The van der Waals surface area contributed by atoms with Crippen molar-refractivity contribution in [1.29, 1.82) is 0 Å². The van der Waals surface area contributed by atoms with Gasteiger partial charge in [-0.3, -0.25) is 14.4 Å². The second-order valence-electron chi connectivity index (χ2n) is 27.4. The highest BCUT2D eigenvalue weighted by Gasteiger charge is 2.61. The van der Waals surface area contributed by atoms with Gasteiger partial charge in [0.2, 0.25) is 17.7 Å². The quantitative estimate of drug-likeness (QED) is 0.0346. The van der Waals surface area contributed by atoms with Crippen molar-refractivity contribution in [3.05, 3.63) is 0 Å². The molecule has 9 aliphatic heterocycles. The molecule has 109 heavy (non-hydrogen) atoms. The van der Waals surface area contributed by atoms with Gasteiger partial charge in [0.1, 0.15) is 220 Å². The molecule has 9 rings (SSSR count). The second-order valence-corrected chi connectivity index (χ2v) is 27.4. The summed E-state index contributed by atoms with van der Waals surface area (Å²) in [6.07, 6.45) is -84.7. The molecule has 49 heteroatoms. The van der Waals surface area contributed by atoms with E-state index in [1.165, 1.54) is 0 Å². The summed E-state index contributed by atoms with van der Waals surface area (Å²) in [5.41, 5.74) is 0. The van der Waals surface area contributed by atoms with E-state index in [1.54, 1.807) is 0 Å². The number of hydrogen-bond acceptors (Lipinski definition) is 46. The van der Waals surface area contributed by atoms with Crippen LogP contribution in [0.4, 0.5) is 0 Å². The summed E-state index contributed by atoms with van der Waals surface area (Å²) in [4.78, 5) is 38.6. The number of rotatable bonds is 28. The topological polar surface area (TPSA) is 770 Å². The molecule has 9 saturated heterocycles. The van der Waals surface area contributed by atoms with Crippen LogP contribution in [-0.2, 0) is 94.9 Å². The zero-order chi connectivity index (χ0) is 80.2. The Bertz CT molecular complexity index is 2840. The Kier molecular flexibility index (Phi) is 32.1. The van der Waals surface area contributed by atoms with E-state index in [0.29, 0.717) is 0 Å². The highest BCUT2D eigenvalue weighted by Crippen LogP contribution is 2.40. The van der Waals surface area contributed by atoms with Crippen LogP contribution in [0.3, 0.4) is 0 Å². The van der Waals surface area contributed by atoms with Crippen molar-refractivity contribution in [2.24, 2.45) is 0 Å². The van der Waals surface area contributed by atoms with Gasteiger partial charge in [0, 0.05) is 20.8 Å². The molecule has 0 aromatic carbocycles. The average molecular weight is 1600 g/mol. The second kappa shape index (κ2) is 39.1. The minimum absolute atomic E-state index is 0.912. The number of aliphatic hydroxyl groups is 26. The number of carbonyl (C=O) groups is 3. The van der Waals surface area contributed by atoms with Gasteiger partial charge in [-0.15, -0.1) is 0 Å². The first-order valence-electron chi connectivity index (χ1n) is 34.7. The Balaban J connectivity index is 0.893. The van der Waals surface area contributed by atoms with Crippen LogP contribution in [0.2, 0.25) is 0 Å². The SMILES string of the molecule is CC(=O)N[C@H]1[C@H](O[C@H]2[C@@H](O)[C@@H](CO)O[C@@H](O[C@H]3[C@H](O)[C@@H](O)[C@H](O)O[C@@H]3CO)[C@@H]2O)O[C@H](CO)[C@@H](O[C@@H]2O[C@H](CO)[C@H](O)[C@H](O[C@@H]3O[C@H](CO)[C@@H](O[C@@H]4O[C@H](CO)[C@H](O)[C@H](O[C@@H]5O[C@H](CO)[C@@H](O[C@@H]6O[C@H](CO)[C@H](O)[C@H](O[C@H]7O[C@H](CO)[C@H](O)[C@H](O)[C@H]7O)[C@H]6O)[C@H](O)[C@H]5NC(C)=O)[C@H]4O)[C@H](O)[C@H]3NC(C)=O)[C@H]2O)[C@@H]1O. The van der Waals surface area contributed by atoms with Gasteiger partial charge in [-0.25, -0.2) is 0 Å². The Morgan fingerprint density at radius 3 is 0.670 bits per heavy atom. The summed E-state index contributed by atoms with van der Waals surface area (Å²) in [5, 5.41) is 292. The van der Waals surface area contributed by atoms with Crippen LogP contribution in [0.1, 0.15) is 20.8 Å². The fourth-order valence-corrected chi connectivity index (χ4v) is 14.2. The van der Waals surface area contributed by atoms with Gasteiger partial charge in [0.15, 0.2) is 56.6 Å². The molecule has 632 valence electrons. The van der Waals surface area contributed by atoms with Crippen LogP contribution in [0, 0.1) is 0 Å². The van der Waals surface area contributed by atoms with E-state index in [4.69, 9.17) is 80.5 Å². The first-order valence-corrected chi connectivity index (χ1v) is 34.7. The van der Waals surface area contributed by atoms with Crippen LogP contribution in [0.5, 0.6) is 0 Å². The molecule has 0 saturated carbocycles. The first kappa shape index (κ1) is 89.6. The molecule has 0 aromatic rings. The van der Waals surface area contributed by atoms with Crippen molar-refractivity contribution in [3.63, 3.8) is 0 Å². The minimum Gasteiger partial charge on any atom is -0.394 e. The van der Waals surface area contributed by atoms with Crippen molar-refractivity contribution in [2.45, 2.75) is 297 Å². The standard InChI is InChI=1S/C60H101N3O46/c1-13(73)61-25-33(81)44(102-57-41(89)49(30(78)18(6-66)95-57)107-54-27(63-15(3)75)35(83)46(24(12-72)101-54)104-59-43(91)51(32(80)20(8-68)97-59)109-56-39(87)36(84)28(76)16(4-64)94-56)22(10-70)99-53(25)106-48-29(77)17(5-65)96-58(40(48)88)103-45-23(11-71)100-55(26(34(45)82)62-14(2)74)108-50-31(79)19(7-67)98-60(42(50)90)105-47-21(9-69)93-52(92)38(86)37(47)85/h16-60,64-72,76-92H,4-12H2,1-3H3,(H,61,73)(H,62,74)(H,63,75)/t16-,17-,18-,19-,20-,21-,22-,23-,24-,25-,26-,27-,28+,29+,30+,31+,32+,33-,34-,35-,36+,37-,38-,39-,40-,41-,42-,43-,44-,45-,46-,47-,48+,49+,50+,51+,52-,53+,54+,55+,56-,57+,58+,59+,60+/m1/s1. The van der Waals surface area contributed by atoms with E-state index in [-0.39, 0.29) is 0 Å². The summed E-state index contributed by atoms with van der Waals surface area (Å²) < 4.78 is 98.1. The van der Waals surface area contributed by atoms with E-state index < -0.39 is 353 Å². The van der Waals surface area contributed by atoms with E-state index in [9.17, 15) is 147 Å². The molecule has 29 N–H and O–H groups in total. The molecule has 49 nitrogen and oxygen atoms in total. The fraction of sp³-hybridized carbons (Fsp3) is 0.950. The van der Waals surface area contributed by atoms with Gasteiger partial charge >= 0.3 is 0 Å². The molecule has 0 spiro atoms. The zero-order valence-electron chi connectivity index (χ0n) is 58.1. The van der Waals surface area contributed by atoms with Crippen LogP contribution in [0.25, 0.3) is 0 Å². The van der Waals surface area contributed by atoms with Gasteiger partial charge in [0.05, 0.1) is 59.5 Å².